The van der Waals surface area contributed by atoms with Gasteiger partial charge in [-0.2, -0.15) is 0 Å². The van der Waals surface area contributed by atoms with Crippen molar-refractivity contribution in [2.75, 3.05) is 7.11 Å². The summed E-state index contributed by atoms with van der Waals surface area (Å²) < 4.78 is 11.3. The minimum Gasteiger partial charge on any atom is -0.493 e. The Morgan fingerprint density at radius 3 is 2.68 bits per heavy atom. The lowest BCUT2D eigenvalue weighted by atomic mass is 10.2. The summed E-state index contributed by atoms with van der Waals surface area (Å²) in [5.74, 6) is 0.375. The maximum atomic E-state index is 10.8. The van der Waals surface area contributed by atoms with E-state index in [0.717, 1.165) is 16.1 Å². The van der Waals surface area contributed by atoms with Gasteiger partial charge in [-0.25, -0.2) is 4.98 Å². The molecule has 0 aliphatic heterocycles. The lowest BCUT2D eigenvalue weighted by molar-refractivity contribution is -0.136. The van der Waals surface area contributed by atoms with Gasteiger partial charge in [0, 0.05) is 10.9 Å². The minimum atomic E-state index is -0.890. The van der Waals surface area contributed by atoms with Crippen LogP contribution >= 0.6 is 11.3 Å². The number of carboxylic acids is 1. The number of thiazole rings is 1. The number of carboxylic acid groups (broad SMARTS) is 1. The summed E-state index contributed by atoms with van der Waals surface area (Å²) in [7, 11) is 1.59. The summed E-state index contributed by atoms with van der Waals surface area (Å²) in [6.07, 6.45) is -0.0775. The molecule has 2 aromatic carbocycles. The van der Waals surface area contributed by atoms with Crippen molar-refractivity contribution in [2.24, 2.45) is 0 Å². The summed E-state index contributed by atoms with van der Waals surface area (Å²) in [6, 6.07) is 15.5. The first kappa shape index (κ1) is 17.0. The van der Waals surface area contributed by atoms with E-state index in [9.17, 15) is 4.79 Å². The first-order chi connectivity index (χ1) is 12.2. The van der Waals surface area contributed by atoms with Crippen LogP contribution in [0.5, 0.6) is 11.5 Å². The molecule has 128 valence electrons. The summed E-state index contributed by atoms with van der Waals surface area (Å²) in [6.45, 7) is 0.455. The van der Waals surface area contributed by atoms with Gasteiger partial charge in [-0.15, -0.1) is 11.3 Å². The van der Waals surface area contributed by atoms with Crippen LogP contribution in [-0.4, -0.2) is 23.2 Å². The van der Waals surface area contributed by atoms with Crippen LogP contribution in [0.4, 0.5) is 0 Å². The van der Waals surface area contributed by atoms with Crippen LogP contribution in [0.1, 0.15) is 11.3 Å². The number of rotatable bonds is 7. The number of carbonyl (C=O) groups is 1. The van der Waals surface area contributed by atoms with Crippen LogP contribution in [0.25, 0.3) is 10.6 Å². The van der Waals surface area contributed by atoms with Crippen molar-refractivity contribution in [3.05, 3.63) is 65.2 Å². The van der Waals surface area contributed by atoms with E-state index in [1.54, 1.807) is 12.5 Å². The molecule has 1 aromatic heterocycles. The van der Waals surface area contributed by atoms with E-state index in [1.807, 2.05) is 48.5 Å². The molecule has 0 radical (unpaired) electrons. The van der Waals surface area contributed by atoms with Crippen LogP contribution in [0, 0.1) is 0 Å². The highest BCUT2D eigenvalue weighted by Crippen LogP contribution is 2.34. The molecule has 25 heavy (non-hydrogen) atoms. The van der Waals surface area contributed by atoms with Gasteiger partial charge < -0.3 is 14.6 Å². The lowest BCUT2D eigenvalue weighted by Crippen LogP contribution is -2.00. The van der Waals surface area contributed by atoms with E-state index >= 15 is 0 Å². The zero-order valence-electron chi connectivity index (χ0n) is 13.6. The third-order valence-corrected chi connectivity index (χ3v) is 4.47. The van der Waals surface area contributed by atoms with Crippen LogP contribution in [0.2, 0.25) is 0 Å². The first-order valence-electron chi connectivity index (χ1n) is 7.67. The third kappa shape index (κ3) is 4.36. The van der Waals surface area contributed by atoms with Gasteiger partial charge in [0.2, 0.25) is 0 Å². The van der Waals surface area contributed by atoms with E-state index in [4.69, 9.17) is 14.6 Å². The topological polar surface area (TPSA) is 68.7 Å². The molecule has 3 aromatic rings. The molecule has 5 nitrogen and oxygen atoms in total. The number of aromatic nitrogens is 1. The second kappa shape index (κ2) is 7.81. The van der Waals surface area contributed by atoms with Gasteiger partial charge in [-0.3, -0.25) is 4.79 Å². The zero-order valence-corrected chi connectivity index (χ0v) is 14.5. The van der Waals surface area contributed by atoms with Crippen molar-refractivity contribution >= 4 is 17.3 Å². The van der Waals surface area contributed by atoms with Gasteiger partial charge in [-0.1, -0.05) is 30.3 Å². The number of methoxy groups -OCH3 is 1. The molecule has 0 spiro atoms. The predicted octanol–water partition coefficient (Wildman–Crippen LogP) is 4.02. The highest BCUT2D eigenvalue weighted by molar-refractivity contribution is 7.13. The Kier molecular flexibility index (Phi) is 5.30. The van der Waals surface area contributed by atoms with Crippen LogP contribution in [-0.2, 0) is 17.8 Å². The van der Waals surface area contributed by atoms with Crippen molar-refractivity contribution in [3.63, 3.8) is 0 Å². The maximum absolute atomic E-state index is 10.8. The molecule has 0 aliphatic carbocycles. The molecule has 3 rings (SSSR count). The molecule has 1 heterocycles. The monoisotopic (exact) mass is 355 g/mol. The average Bonchev–Trinajstić information content (AvgIpc) is 3.08. The van der Waals surface area contributed by atoms with Gasteiger partial charge in [-0.05, 0) is 23.8 Å². The molecule has 0 bridgehead atoms. The van der Waals surface area contributed by atoms with Gasteiger partial charge >= 0.3 is 5.97 Å². The number of aliphatic carboxylic acids is 1. The summed E-state index contributed by atoms with van der Waals surface area (Å²) in [5.41, 5.74) is 2.49. The van der Waals surface area contributed by atoms with Gasteiger partial charge in [0.1, 0.15) is 11.6 Å². The Hall–Kier alpha value is -2.86. The molecule has 0 saturated carbocycles. The fourth-order valence-electron chi connectivity index (χ4n) is 2.33. The van der Waals surface area contributed by atoms with Gasteiger partial charge in [0.25, 0.3) is 0 Å². The average molecular weight is 355 g/mol. The molecule has 0 unspecified atom stereocenters. The first-order valence-corrected chi connectivity index (χ1v) is 8.55. The smallest absolute Gasteiger partial charge is 0.309 e. The molecule has 6 heteroatoms. The zero-order chi connectivity index (χ0) is 17.6. The van der Waals surface area contributed by atoms with E-state index in [2.05, 4.69) is 4.98 Å². The molecule has 0 fully saturated rings. The standard InChI is InChI=1S/C19H17NO4S/c1-23-17-9-14(19-20-15(12-25-19)10-18(21)22)7-8-16(17)24-11-13-5-3-2-4-6-13/h2-9,12H,10-11H2,1H3,(H,21,22). The Labute approximate surface area is 149 Å². The highest BCUT2D eigenvalue weighted by atomic mass is 32.1. The Morgan fingerprint density at radius 1 is 1.16 bits per heavy atom. The van der Waals surface area contributed by atoms with Crippen LogP contribution in [0.3, 0.4) is 0 Å². The van der Waals surface area contributed by atoms with Crippen molar-refractivity contribution in [1.29, 1.82) is 0 Å². The van der Waals surface area contributed by atoms with E-state index in [0.29, 0.717) is 23.8 Å². The Bertz CT molecular complexity index is 861. The molecular weight excluding hydrogens is 338 g/mol. The Morgan fingerprint density at radius 2 is 1.96 bits per heavy atom. The molecule has 0 aliphatic rings. The molecular formula is C19H17NO4S. The van der Waals surface area contributed by atoms with Crippen molar-refractivity contribution < 1.29 is 19.4 Å². The second-order valence-corrected chi connectivity index (χ2v) is 6.21. The van der Waals surface area contributed by atoms with E-state index in [1.165, 1.54) is 11.3 Å². The molecule has 1 N–H and O–H groups in total. The van der Waals surface area contributed by atoms with Crippen molar-refractivity contribution in [2.45, 2.75) is 13.0 Å². The summed E-state index contributed by atoms with van der Waals surface area (Å²) >= 11 is 1.41. The number of hydrogen-bond acceptors (Lipinski definition) is 5. The number of benzene rings is 2. The van der Waals surface area contributed by atoms with Crippen molar-refractivity contribution in [1.82, 2.24) is 4.98 Å². The fraction of sp³-hybridized carbons (Fsp3) is 0.158. The quantitative estimate of drug-likeness (QED) is 0.693. The Balaban J connectivity index is 1.77. The van der Waals surface area contributed by atoms with Crippen LogP contribution < -0.4 is 9.47 Å². The maximum Gasteiger partial charge on any atom is 0.309 e. The van der Waals surface area contributed by atoms with Gasteiger partial charge in [0.15, 0.2) is 11.5 Å². The van der Waals surface area contributed by atoms with Gasteiger partial charge in [0.05, 0.1) is 19.2 Å². The molecule has 0 atom stereocenters. The van der Waals surface area contributed by atoms with Crippen LogP contribution in [0.15, 0.2) is 53.9 Å². The lowest BCUT2D eigenvalue weighted by Gasteiger charge is -2.11. The summed E-state index contributed by atoms with van der Waals surface area (Å²) in [5, 5.41) is 11.4. The second-order valence-electron chi connectivity index (χ2n) is 5.35. The normalized spacial score (nSPS) is 10.4. The third-order valence-electron chi connectivity index (χ3n) is 3.53. The number of ether oxygens (including phenoxy) is 2. The minimum absolute atomic E-state index is 0.0775. The van der Waals surface area contributed by atoms with Crippen molar-refractivity contribution in [3.8, 4) is 22.1 Å². The number of nitrogens with zero attached hydrogens (tertiary/aromatic N) is 1. The number of hydrogen-bond donors (Lipinski definition) is 1. The van der Waals surface area contributed by atoms with E-state index in [-0.39, 0.29) is 6.42 Å². The summed E-state index contributed by atoms with van der Waals surface area (Å²) in [4.78, 5) is 15.1. The highest BCUT2D eigenvalue weighted by Gasteiger charge is 2.11. The SMILES string of the molecule is COc1cc(-c2nc(CC(=O)O)cs2)ccc1OCc1ccccc1. The molecule has 0 amide bonds. The predicted molar refractivity (Wildman–Crippen MR) is 96.2 cm³/mol. The molecule has 0 saturated heterocycles. The fourth-order valence-corrected chi connectivity index (χ4v) is 3.15. The largest absolute Gasteiger partial charge is 0.493 e. The van der Waals surface area contributed by atoms with E-state index < -0.39 is 5.97 Å².